The Hall–Kier alpha value is -1.23. The van der Waals surface area contributed by atoms with Crippen molar-refractivity contribution in [3.8, 4) is 11.5 Å². The zero-order valence-electron chi connectivity index (χ0n) is 8.30. The van der Waals surface area contributed by atoms with Gasteiger partial charge >= 0.3 is 5.97 Å². The predicted molar refractivity (Wildman–Crippen MR) is 56.3 cm³/mol. The van der Waals surface area contributed by atoms with E-state index in [9.17, 15) is 4.79 Å². The van der Waals surface area contributed by atoms with Crippen LogP contribution in [-0.2, 0) is 4.74 Å². The molecule has 4 nitrogen and oxygen atoms in total. The molecule has 1 aliphatic rings. The molecule has 1 heterocycles. The second kappa shape index (κ2) is 3.73. The second-order valence-electron chi connectivity index (χ2n) is 3.09. The van der Waals surface area contributed by atoms with Gasteiger partial charge in [0.05, 0.1) is 12.7 Å². The van der Waals surface area contributed by atoms with Crippen molar-refractivity contribution in [2.75, 3.05) is 13.9 Å². The van der Waals surface area contributed by atoms with Crippen molar-refractivity contribution >= 4 is 21.9 Å². The van der Waals surface area contributed by atoms with Crippen LogP contribution >= 0.6 is 15.9 Å². The number of methoxy groups -OCH3 is 1. The average molecular weight is 273 g/mol. The molecule has 0 amide bonds. The van der Waals surface area contributed by atoms with Crippen molar-refractivity contribution in [1.82, 2.24) is 0 Å². The molecule has 0 saturated carbocycles. The molecule has 1 aromatic rings. The molecule has 80 valence electrons. The Balaban J connectivity index is 2.59. The topological polar surface area (TPSA) is 44.8 Å². The summed E-state index contributed by atoms with van der Waals surface area (Å²) in [4.78, 5) is 11.4. The largest absolute Gasteiger partial charge is 0.465 e. The SMILES string of the molecule is COC(=O)c1cc2c(c(C)c1Br)OCO2. The number of halogens is 1. The molecule has 1 aliphatic heterocycles. The summed E-state index contributed by atoms with van der Waals surface area (Å²) in [7, 11) is 1.34. The molecule has 1 aromatic carbocycles. The second-order valence-corrected chi connectivity index (χ2v) is 3.88. The number of carbonyl (C=O) groups excluding carboxylic acids is 1. The smallest absolute Gasteiger partial charge is 0.339 e. The van der Waals surface area contributed by atoms with Crippen LogP contribution in [0.25, 0.3) is 0 Å². The van der Waals surface area contributed by atoms with Gasteiger partial charge in [-0.2, -0.15) is 0 Å². The molecule has 5 heteroatoms. The lowest BCUT2D eigenvalue weighted by Gasteiger charge is -2.08. The fourth-order valence-corrected chi connectivity index (χ4v) is 1.90. The molecule has 0 aromatic heterocycles. The van der Waals surface area contributed by atoms with E-state index in [1.807, 2.05) is 6.92 Å². The summed E-state index contributed by atoms with van der Waals surface area (Å²) >= 11 is 3.34. The first kappa shape index (κ1) is 10.3. The fourth-order valence-electron chi connectivity index (χ4n) is 1.44. The van der Waals surface area contributed by atoms with Gasteiger partial charge in [-0.15, -0.1) is 0 Å². The number of hydrogen-bond acceptors (Lipinski definition) is 4. The monoisotopic (exact) mass is 272 g/mol. The summed E-state index contributed by atoms with van der Waals surface area (Å²) < 4.78 is 15.8. The van der Waals surface area contributed by atoms with Crippen molar-refractivity contribution < 1.29 is 19.0 Å². The normalized spacial score (nSPS) is 12.7. The lowest BCUT2D eigenvalue weighted by atomic mass is 10.1. The number of fused-ring (bicyclic) bond motifs is 1. The van der Waals surface area contributed by atoms with E-state index < -0.39 is 5.97 Å². The summed E-state index contributed by atoms with van der Waals surface area (Å²) in [6.07, 6.45) is 0. The van der Waals surface area contributed by atoms with Crippen LogP contribution in [-0.4, -0.2) is 19.9 Å². The molecular formula is C10H9BrO4. The van der Waals surface area contributed by atoms with E-state index in [-0.39, 0.29) is 6.79 Å². The number of ether oxygens (including phenoxy) is 3. The van der Waals surface area contributed by atoms with E-state index in [1.165, 1.54) is 7.11 Å². The number of benzene rings is 1. The number of carbonyl (C=O) groups is 1. The van der Waals surface area contributed by atoms with Crippen LogP contribution in [0.1, 0.15) is 15.9 Å². The van der Waals surface area contributed by atoms with Crippen LogP contribution in [0.4, 0.5) is 0 Å². The highest BCUT2D eigenvalue weighted by molar-refractivity contribution is 9.10. The van der Waals surface area contributed by atoms with E-state index in [2.05, 4.69) is 20.7 Å². The molecule has 0 unspecified atom stereocenters. The van der Waals surface area contributed by atoms with E-state index >= 15 is 0 Å². The van der Waals surface area contributed by atoms with Gasteiger partial charge in [-0.3, -0.25) is 0 Å². The van der Waals surface area contributed by atoms with Gasteiger partial charge in [0.1, 0.15) is 0 Å². The highest BCUT2D eigenvalue weighted by Crippen LogP contribution is 2.41. The standard InChI is InChI=1S/C10H9BrO4/c1-5-8(11)6(10(12)13-2)3-7-9(5)15-4-14-7/h3H,4H2,1-2H3. The predicted octanol–water partition coefficient (Wildman–Crippen LogP) is 2.27. The van der Waals surface area contributed by atoms with Crippen molar-refractivity contribution in [3.63, 3.8) is 0 Å². The van der Waals surface area contributed by atoms with Gasteiger partial charge in [0.2, 0.25) is 6.79 Å². The Labute approximate surface area is 95.3 Å². The van der Waals surface area contributed by atoms with Gasteiger partial charge in [-0.1, -0.05) is 0 Å². The summed E-state index contributed by atoms with van der Waals surface area (Å²) in [5.74, 6) is 0.855. The maximum absolute atomic E-state index is 11.4. The van der Waals surface area contributed by atoms with Crippen molar-refractivity contribution in [2.45, 2.75) is 6.92 Å². The number of esters is 1. The van der Waals surface area contributed by atoms with Crippen molar-refractivity contribution in [1.29, 1.82) is 0 Å². The zero-order valence-corrected chi connectivity index (χ0v) is 9.88. The van der Waals surface area contributed by atoms with Gasteiger partial charge in [0, 0.05) is 10.0 Å². The maximum Gasteiger partial charge on any atom is 0.339 e. The Morgan fingerprint density at radius 2 is 2.27 bits per heavy atom. The molecule has 15 heavy (non-hydrogen) atoms. The first-order valence-electron chi connectivity index (χ1n) is 4.32. The van der Waals surface area contributed by atoms with Gasteiger partial charge in [-0.25, -0.2) is 4.79 Å². The summed E-state index contributed by atoms with van der Waals surface area (Å²) in [5.41, 5.74) is 1.28. The van der Waals surface area contributed by atoms with Crippen LogP contribution < -0.4 is 9.47 Å². The van der Waals surface area contributed by atoms with Crippen LogP contribution in [0.2, 0.25) is 0 Å². The van der Waals surface area contributed by atoms with E-state index in [0.29, 0.717) is 21.5 Å². The quantitative estimate of drug-likeness (QED) is 0.736. The van der Waals surface area contributed by atoms with Crippen molar-refractivity contribution in [3.05, 3.63) is 21.7 Å². The third-order valence-corrected chi connectivity index (χ3v) is 3.25. The Morgan fingerprint density at radius 3 is 2.93 bits per heavy atom. The molecular weight excluding hydrogens is 264 g/mol. The first-order chi connectivity index (χ1) is 7.15. The summed E-state index contributed by atoms with van der Waals surface area (Å²) in [6.45, 7) is 2.04. The molecule has 2 rings (SSSR count). The maximum atomic E-state index is 11.4. The van der Waals surface area contributed by atoms with Crippen molar-refractivity contribution in [2.24, 2.45) is 0 Å². The minimum Gasteiger partial charge on any atom is -0.465 e. The Kier molecular flexibility index (Phi) is 2.56. The number of rotatable bonds is 1. The lowest BCUT2D eigenvalue weighted by Crippen LogP contribution is -2.03. The minimum absolute atomic E-state index is 0.188. The third-order valence-electron chi connectivity index (χ3n) is 2.23. The Morgan fingerprint density at radius 1 is 1.53 bits per heavy atom. The van der Waals surface area contributed by atoms with E-state index in [0.717, 1.165) is 5.56 Å². The van der Waals surface area contributed by atoms with Crippen LogP contribution in [0.5, 0.6) is 11.5 Å². The van der Waals surface area contributed by atoms with Crippen LogP contribution in [0.15, 0.2) is 10.5 Å². The lowest BCUT2D eigenvalue weighted by molar-refractivity contribution is 0.0599. The van der Waals surface area contributed by atoms with E-state index in [1.54, 1.807) is 6.07 Å². The Bertz CT molecular complexity index is 428. The molecule has 0 bridgehead atoms. The highest BCUT2D eigenvalue weighted by Gasteiger charge is 2.23. The molecule has 0 spiro atoms. The zero-order chi connectivity index (χ0) is 11.0. The summed E-state index contributed by atoms with van der Waals surface area (Å²) in [6, 6.07) is 1.62. The molecule has 0 fully saturated rings. The highest BCUT2D eigenvalue weighted by atomic mass is 79.9. The molecule has 0 radical (unpaired) electrons. The third kappa shape index (κ3) is 1.56. The molecule has 0 saturated heterocycles. The van der Waals surface area contributed by atoms with Gasteiger partial charge in [0.25, 0.3) is 0 Å². The summed E-state index contributed by atoms with van der Waals surface area (Å²) in [5, 5.41) is 0. The van der Waals surface area contributed by atoms with Crippen LogP contribution in [0.3, 0.4) is 0 Å². The van der Waals surface area contributed by atoms with Gasteiger partial charge in [-0.05, 0) is 28.9 Å². The van der Waals surface area contributed by atoms with Crippen LogP contribution in [0, 0.1) is 6.92 Å². The fraction of sp³-hybridized carbons (Fsp3) is 0.300. The van der Waals surface area contributed by atoms with E-state index in [4.69, 9.17) is 9.47 Å². The minimum atomic E-state index is -0.400. The first-order valence-corrected chi connectivity index (χ1v) is 5.11. The average Bonchev–Trinajstić information content (AvgIpc) is 2.70. The number of hydrogen-bond donors (Lipinski definition) is 0. The van der Waals surface area contributed by atoms with Gasteiger partial charge < -0.3 is 14.2 Å². The van der Waals surface area contributed by atoms with Gasteiger partial charge in [0.15, 0.2) is 11.5 Å². The molecule has 0 N–H and O–H groups in total. The molecule has 0 aliphatic carbocycles. The molecule has 0 atom stereocenters.